The van der Waals surface area contributed by atoms with Gasteiger partial charge < -0.3 is 10.6 Å². The molecule has 2 aliphatic rings. The molecule has 1 amide bonds. The van der Waals surface area contributed by atoms with Gasteiger partial charge in [0, 0.05) is 32.1 Å². The van der Waals surface area contributed by atoms with Crippen LogP contribution < -0.4 is 10.6 Å². The van der Waals surface area contributed by atoms with Crippen molar-refractivity contribution < 1.29 is 4.79 Å². The second kappa shape index (κ2) is 8.46. The second-order valence-electron chi connectivity index (χ2n) is 7.00. The van der Waals surface area contributed by atoms with Gasteiger partial charge in [-0.15, -0.1) is 0 Å². The van der Waals surface area contributed by atoms with E-state index in [4.69, 9.17) is 0 Å². The van der Waals surface area contributed by atoms with Crippen LogP contribution in [-0.4, -0.2) is 43.0 Å². The Morgan fingerprint density at radius 3 is 2.65 bits per heavy atom. The van der Waals surface area contributed by atoms with E-state index in [0.29, 0.717) is 18.4 Å². The lowest BCUT2D eigenvalue weighted by molar-refractivity contribution is -0.122. The molecular formula is C19H29N3O. The Bertz CT molecular complexity index is 477. The van der Waals surface area contributed by atoms with Gasteiger partial charge in [-0.3, -0.25) is 9.69 Å². The Kier molecular flexibility index (Phi) is 6.06. The molecule has 126 valence electrons. The van der Waals surface area contributed by atoms with Crippen molar-refractivity contribution in [3.63, 3.8) is 0 Å². The van der Waals surface area contributed by atoms with Gasteiger partial charge in [0.15, 0.2) is 0 Å². The van der Waals surface area contributed by atoms with E-state index in [2.05, 4.69) is 45.9 Å². The van der Waals surface area contributed by atoms with Crippen LogP contribution in [0.4, 0.5) is 0 Å². The average Bonchev–Trinajstić information content (AvgIpc) is 3.09. The first-order valence-corrected chi connectivity index (χ1v) is 9.06. The lowest BCUT2D eigenvalue weighted by atomic mass is 10.0. The van der Waals surface area contributed by atoms with E-state index in [-0.39, 0.29) is 5.91 Å². The summed E-state index contributed by atoms with van der Waals surface area (Å²) in [6.45, 7) is 5.38. The molecule has 0 radical (unpaired) electrons. The molecule has 1 aromatic rings. The van der Waals surface area contributed by atoms with Gasteiger partial charge in [-0.25, -0.2) is 0 Å². The summed E-state index contributed by atoms with van der Waals surface area (Å²) in [6, 6.07) is 11.0. The molecule has 3 rings (SSSR count). The zero-order valence-corrected chi connectivity index (χ0v) is 14.0. The zero-order valence-electron chi connectivity index (χ0n) is 14.0. The van der Waals surface area contributed by atoms with Gasteiger partial charge in [0.05, 0.1) is 0 Å². The summed E-state index contributed by atoms with van der Waals surface area (Å²) >= 11 is 0. The second-order valence-corrected chi connectivity index (χ2v) is 7.00. The monoisotopic (exact) mass is 315 g/mol. The minimum Gasteiger partial charge on any atom is -0.353 e. The van der Waals surface area contributed by atoms with Crippen molar-refractivity contribution in [1.82, 2.24) is 15.5 Å². The molecule has 4 heteroatoms. The maximum atomic E-state index is 12.1. The molecule has 1 atom stereocenters. The first-order valence-electron chi connectivity index (χ1n) is 9.06. The van der Waals surface area contributed by atoms with E-state index in [1.54, 1.807) is 0 Å². The molecule has 2 saturated heterocycles. The fourth-order valence-corrected chi connectivity index (χ4v) is 3.67. The Morgan fingerprint density at radius 2 is 1.96 bits per heavy atom. The van der Waals surface area contributed by atoms with Crippen LogP contribution in [-0.2, 0) is 11.3 Å². The predicted molar refractivity (Wildman–Crippen MR) is 93.1 cm³/mol. The van der Waals surface area contributed by atoms with Gasteiger partial charge in [0.2, 0.25) is 5.91 Å². The number of carbonyl (C=O) groups is 1. The number of nitrogens with zero attached hydrogens (tertiary/aromatic N) is 1. The number of piperidine rings is 1. The number of likely N-dealkylation sites (tertiary alicyclic amines) is 1. The molecule has 23 heavy (non-hydrogen) atoms. The lowest BCUT2D eigenvalue weighted by Gasteiger charge is -2.32. The molecular weight excluding hydrogens is 286 g/mol. The zero-order chi connectivity index (χ0) is 15.9. The maximum Gasteiger partial charge on any atom is 0.220 e. The average molecular weight is 315 g/mol. The molecule has 2 aliphatic heterocycles. The third kappa shape index (κ3) is 5.33. The summed E-state index contributed by atoms with van der Waals surface area (Å²) in [7, 11) is 0. The number of carbonyl (C=O) groups excluding carboxylic acids is 1. The van der Waals surface area contributed by atoms with Crippen molar-refractivity contribution in [3.8, 4) is 0 Å². The number of amides is 1. The molecule has 0 aliphatic carbocycles. The Morgan fingerprint density at radius 1 is 1.17 bits per heavy atom. The maximum absolute atomic E-state index is 12.1. The SMILES string of the molecule is O=C(CCC1CCNC1)NC1CCN(Cc2ccccc2)CC1. The van der Waals surface area contributed by atoms with Crippen molar-refractivity contribution in [2.45, 2.75) is 44.7 Å². The van der Waals surface area contributed by atoms with Crippen molar-refractivity contribution in [2.24, 2.45) is 5.92 Å². The standard InChI is InChI=1S/C19H29N3O/c23-19(7-6-16-8-11-20-14-16)21-18-9-12-22(13-10-18)15-17-4-2-1-3-5-17/h1-5,16,18,20H,6-15H2,(H,21,23). The summed E-state index contributed by atoms with van der Waals surface area (Å²) in [5.74, 6) is 0.951. The summed E-state index contributed by atoms with van der Waals surface area (Å²) < 4.78 is 0. The van der Waals surface area contributed by atoms with Gasteiger partial charge in [0.1, 0.15) is 0 Å². The van der Waals surface area contributed by atoms with Gasteiger partial charge in [-0.05, 0) is 50.3 Å². The molecule has 1 aromatic carbocycles. The topological polar surface area (TPSA) is 44.4 Å². The van der Waals surface area contributed by atoms with E-state index in [1.165, 1.54) is 12.0 Å². The molecule has 0 saturated carbocycles. The van der Waals surface area contributed by atoms with E-state index < -0.39 is 0 Å². The quantitative estimate of drug-likeness (QED) is 0.845. The lowest BCUT2D eigenvalue weighted by Crippen LogP contribution is -2.44. The first-order chi connectivity index (χ1) is 11.3. The highest BCUT2D eigenvalue weighted by molar-refractivity contribution is 5.76. The number of rotatable bonds is 6. The van der Waals surface area contributed by atoms with Crippen LogP contribution in [0.5, 0.6) is 0 Å². The van der Waals surface area contributed by atoms with Crippen molar-refractivity contribution in [2.75, 3.05) is 26.2 Å². The van der Waals surface area contributed by atoms with Gasteiger partial charge >= 0.3 is 0 Å². The Balaban J connectivity index is 1.33. The number of hydrogen-bond donors (Lipinski definition) is 2. The van der Waals surface area contributed by atoms with Crippen molar-refractivity contribution in [1.29, 1.82) is 0 Å². The van der Waals surface area contributed by atoms with Gasteiger partial charge in [-0.2, -0.15) is 0 Å². The number of nitrogens with one attached hydrogen (secondary N) is 2. The normalized spacial score (nSPS) is 23.0. The smallest absolute Gasteiger partial charge is 0.220 e. The molecule has 0 spiro atoms. The summed E-state index contributed by atoms with van der Waals surface area (Å²) in [5.41, 5.74) is 1.38. The van der Waals surface area contributed by atoms with E-state index in [0.717, 1.165) is 52.0 Å². The molecule has 0 aromatic heterocycles. The van der Waals surface area contributed by atoms with Gasteiger partial charge in [-0.1, -0.05) is 30.3 Å². The summed E-state index contributed by atoms with van der Waals surface area (Å²) in [6.07, 6.45) is 5.10. The largest absolute Gasteiger partial charge is 0.353 e. The summed E-state index contributed by atoms with van der Waals surface area (Å²) in [5, 5.41) is 6.61. The van der Waals surface area contributed by atoms with Crippen LogP contribution in [0.3, 0.4) is 0 Å². The van der Waals surface area contributed by atoms with E-state index in [1.807, 2.05) is 0 Å². The molecule has 2 heterocycles. The van der Waals surface area contributed by atoms with E-state index in [9.17, 15) is 4.79 Å². The van der Waals surface area contributed by atoms with Crippen LogP contribution >= 0.6 is 0 Å². The predicted octanol–water partition coefficient (Wildman–Crippen LogP) is 2.16. The Hall–Kier alpha value is -1.39. The molecule has 0 bridgehead atoms. The van der Waals surface area contributed by atoms with Crippen LogP contribution in [0.15, 0.2) is 30.3 Å². The third-order valence-electron chi connectivity index (χ3n) is 5.14. The van der Waals surface area contributed by atoms with Crippen LogP contribution in [0, 0.1) is 5.92 Å². The molecule has 1 unspecified atom stereocenters. The fourth-order valence-electron chi connectivity index (χ4n) is 3.67. The molecule has 4 nitrogen and oxygen atoms in total. The minimum atomic E-state index is 0.249. The number of benzene rings is 1. The van der Waals surface area contributed by atoms with Crippen LogP contribution in [0.2, 0.25) is 0 Å². The third-order valence-corrected chi connectivity index (χ3v) is 5.14. The van der Waals surface area contributed by atoms with Crippen molar-refractivity contribution >= 4 is 5.91 Å². The highest BCUT2D eigenvalue weighted by Crippen LogP contribution is 2.16. The molecule has 2 N–H and O–H groups in total. The molecule has 2 fully saturated rings. The highest BCUT2D eigenvalue weighted by atomic mass is 16.1. The summed E-state index contributed by atoms with van der Waals surface area (Å²) in [4.78, 5) is 14.6. The van der Waals surface area contributed by atoms with Gasteiger partial charge in [0.25, 0.3) is 0 Å². The Labute approximate surface area is 139 Å². The minimum absolute atomic E-state index is 0.249. The fraction of sp³-hybridized carbons (Fsp3) is 0.632. The first kappa shape index (κ1) is 16.5. The van der Waals surface area contributed by atoms with Crippen LogP contribution in [0.1, 0.15) is 37.7 Å². The highest BCUT2D eigenvalue weighted by Gasteiger charge is 2.21. The number of hydrogen-bond acceptors (Lipinski definition) is 3. The van der Waals surface area contributed by atoms with Crippen molar-refractivity contribution in [3.05, 3.63) is 35.9 Å². The van der Waals surface area contributed by atoms with Crippen LogP contribution in [0.25, 0.3) is 0 Å². The van der Waals surface area contributed by atoms with E-state index >= 15 is 0 Å².